The fourth-order valence-corrected chi connectivity index (χ4v) is 2.28. The molecule has 1 aromatic carbocycles. The van der Waals surface area contributed by atoms with Crippen molar-refractivity contribution in [2.45, 2.75) is 38.8 Å². The standard InChI is InChI=1S/C14H21BrN2/c1-11-4-2-5-12(14(11)15)10-16-8-3-9-17-13-6-7-13/h2,4-5,13,16-17H,3,6-10H2,1H3. The van der Waals surface area contributed by atoms with Crippen LogP contribution in [0.15, 0.2) is 22.7 Å². The Morgan fingerprint density at radius 2 is 2.12 bits per heavy atom. The molecule has 0 amide bonds. The van der Waals surface area contributed by atoms with Crippen molar-refractivity contribution in [3.05, 3.63) is 33.8 Å². The molecule has 0 aliphatic heterocycles. The lowest BCUT2D eigenvalue weighted by Gasteiger charge is -2.09. The summed E-state index contributed by atoms with van der Waals surface area (Å²) in [6, 6.07) is 7.26. The first-order valence-corrected chi connectivity index (χ1v) is 7.25. The number of aryl methyl sites for hydroxylation is 1. The van der Waals surface area contributed by atoms with Crippen molar-refractivity contribution in [1.82, 2.24) is 10.6 Å². The maximum atomic E-state index is 3.64. The van der Waals surface area contributed by atoms with Crippen molar-refractivity contribution in [1.29, 1.82) is 0 Å². The third-order valence-corrected chi connectivity index (χ3v) is 4.26. The van der Waals surface area contributed by atoms with Crippen LogP contribution in [0.1, 0.15) is 30.4 Å². The molecule has 0 bridgehead atoms. The molecule has 1 aromatic rings. The van der Waals surface area contributed by atoms with E-state index < -0.39 is 0 Å². The summed E-state index contributed by atoms with van der Waals surface area (Å²) in [7, 11) is 0. The summed E-state index contributed by atoms with van der Waals surface area (Å²) in [4.78, 5) is 0. The Bertz CT molecular complexity index is 361. The molecule has 94 valence electrons. The largest absolute Gasteiger partial charge is 0.314 e. The van der Waals surface area contributed by atoms with Crippen molar-refractivity contribution >= 4 is 15.9 Å². The van der Waals surface area contributed by atoms with E-state index in [0.717, 1.165) is 25.7 Å². The van der Waals surface area contributed by atoms with Crippen LogP contribution < -0.4 is 10.6 Å². The third-order valence-electron chi connectivity index (χ3n) is 3.13. The van der Waals surface area contributed by atoms with Gasteiger partial charge in [0.1, 0.15) is 0 Å². The molecular weight excluding hydrogens is 276 g/mol. The van der Waals surface area contributed by atoms with E-state index in [1.54, 1.807) is 0 Å². The van der Waals surface area contributed by atoms with Gasteiger partial charge in [-0.1, -0.05) is 34.1 Å². The lowest BCUT2D eigenvalue weighted by atomic mass is 10.1. The second-order valence-electron chi connectivity index (χ2n) is 4.81. The Hall–Kier alpha value is -0.380. The summed E-state index contributed by atoms with van der Waals surface area (Å²) in [5.41, 5.74) is 2.65. The number of halogens is 1. The van der Waals surface area contributed by atoms with Gasteiger partial charge in [-0.25, -0.2) is 0 Å². The molecule has 1 saturated carbocycles. The highest BCUT2D eigenvalue weighted by Gasteiger charge is 2.19. The topological polar surface area (TPSA) is 24.1 Å². The molecular formula is C14H21BrN2. The van der Waals surface area contributed by atoms with E-state index in [2.05, 4.69) is 51.7 Å². The van der Waals surface area contributed by atoms with Gasteiger partial charge in [0, 0.05) is 17.1 Å². The summed E-state index contributed by atoms with van der Waals surface area (Å²) in [5, 5.41) is 7.02. The minimum atomic E-state index is 0.834. The number of hydrogen-bond donors (Lipinski definition) is 2. The Labute approximate surface area is 112 Å². The molecule has 0 radical (unpaired) electrons. The Morgan fingerprint density at radius 3 is 2.88 bits per heavy atom. The monoisotopic (exact) mass is 296 g/mol. The predicted molar refractivity (Wildman–Crippen MR) is 76.2 cm³/mol. The molecule has 1 aliphatic rings. The Morgan fingerprint density at radius 1 is 1.29 bits per heavy atom. The highest BCUT2D eigenvalue weighted by Crippen LogP contribution is 2.20. The van der Waals surface area contributed by atoms with Gasteiger partial charge in [0.2, 0.25) is 0 Å². The fraction of sp³-hybridized carbons (Fsp3) is 0.571. The SMILES string of the molecule is Cc1cccc(CNCCCNC2CC2)c1Br. The van der Waals surface area contributed by atoms with Crippen molar-refractivity contribution in [2.75, 3.05) is 13.1 Å². The van der Waals surface area contributed by atoms with Crippen LogP contribution in [0.5, 0.6) is 0 Å². The van der Waals surface area contributed by atoms with Crippen LogP contribution in [0.3, 0.4) is 0 Å². The Balaban J connectivity index is 1.61. The summed E-state index contributed by atoms with van der Waals surface area (Å²) >= 11 is 3.64. The van der Waals surface area contributed by atoms with Gasteiger partial charge in [0.05, 0.1) is 0 Å². The summed E-state index contributed by atoms with van der Waals surface area (Å²) in [6.07, 6.45) is 3.97. The second kappa shape index (κ2) is 6.53. The van der Waals surface area contributed by atoms with Crippen LogP contribution in [-0.2, 0) is 6.54 Å². The maximum Gasteiger partial charge on any atom is 0.0249 e. The van der Waals surface area contributed by atoms with Crippen molar-refractivity contribution in [2.24, 2.45) is 0 Å². The molecule has 0 atom stereocenters. The van der Waals surface area contributed by atoms with Crippen LogP contribution in [0.4, 0.5) is 0 Å². The number of rotatable bonds is 7. The average Bonchev–Trinajstić information content (AvgIpc) is 3.12. The van der Waals surface area contributed by atoms with E-state index in [1.165, 1.54) is 34.9 Å². The molecule has 2 N–H and O–H groups in total. The molecule has 0 heterocycles. The fourth-order valence-electron chi connectivity index (χ4n) is 1.87. The van der Waals surface area contributed by atoms with Crippen molar-refractivity contribution in [3.8, 4) is 0 Å². The number of nitrogens with one attached hydrogen (secondary N) is 2. The summed E-state index contributed by atoms with van der Waals surface area (Å²) in [5.74, 6) is 0. The molecule has 1 aliphatic carbocycles. The molecule has 0 aromatic heterocycles. The van der Waals surface area contributed by atoms with Gasteiger partial charge in [-0.05, 0) is 50.4 Å². The highest BCUT2D eigenvalue weighted by molar-refractivity contribution is 9.10. The van der Waals surface area contributed by atoms with E-state index >= 15 is 0 Å². The van der Waals surface area contributed by atoms with Crippen LogP contribution in [0.25, 0.3) is 0 Å². The van der Waals surface area contributed by atoms with Crippen molar-refractivity contribution < 1.29 is 0 Å². The quantitative estimate of drug-likeness (QED) is 0.756. The first-order chi connectivity index (χ1) is 8.27. The van der Waals surface area contributed by atoms with Gasteiger partial charge < -0.3 is 10.6 Å². The van der Waals surface area contributed by atoms with E-state index in [0.29, 0.717) is 0 Å². The van der Waals surface area contributed by atoms with E-state index in [1.807, 2.05) is 0 Å². The third kappa shape index (κ3) is 4.41. The van der Waals surface area contributed by atoms with Gasteiger partial charge in [-0.15, -0.1) is 0 Å². The average molecular weight is 297 g/mol. The molecule has 2 nitrogen and oxygen atoms in total. The number of hydrogen-bond acceptors (Lipinski definition) is 2. The maximum absolute atomic E-state index is 3.64. The van der Waals surface area contributed by atoms with Gasteiger partial charge in [0.25, 0.3) is 0 Å². The van der Waals surface area contributed by atoms with Gasteiger partial charge in [-0.3, -0.25) is 0 Å². The minimum Gasteiger partial charge on any atom is -0.314 e. The zero-order chi connectivity index (χ0) is 12.1. The van der Waals surface area contributed by atoms with Gasteiger partial charge >= 0.3 is 0 Å². The minimum absolute atomic E-state index is 0.834. The predicted octanol–water partition coefficient (Wildman–Crippen LogP) is 2.99. The molecule has 3 heteroatoms. The second-order valence-corrected chi connectivity index (χ2v) is 5.60. The van der Waals surface area contributed by atoms with Gasteiger partial charge in [-0.2, -0.15) is 0 Å². The molecule has 0 spiro atoms. The Kier molecular flexibility index (Phi) is 5.01. The molecule has 0 saturated heterocycles. The molecule has 2 rings (SSSR count). The first-order valence-electron chi connectivity index (χ1n) is 6.45. The van der Waals surface area contributed by atoms with E-state index in [-0.39, 0.29) is 0 Å². The normalized spacial score (nSPS) is 15.2. The van der Waals surface area contributed by atoms with Crippen LogP contribution in [0.2, 0.25) is 0 Å². The van der Waals surface area contributed by atoms with Crippen LogP contribution in [-0.4, -0.2) is 19.1 Å². The molecule has 1 fully saturated rings. The first kappa shape index (κ1) is 13.1. The van der Waals surface area contributed by atoms with Crippen LogP contribution in [0, 0.1) is 6.92 Å². The zero-order valence-electron chi connectivity index (χ0n) is 10.4. The van der Waals surface area contributed by atoms with Crippen molar-refractivity contribution in [3.63, 3.8) is 0 Å². The lowest BCUT2D eigenvalue weighted by molar-refractivity contribution is 0.592. The number of benzene rings is 1. The summed E-state index contributed by atoms with van der Waals surface area (Å²) < 4.78 is 1.24. The highest BCUT2D eigenvalue weighted by atomic mass is 79.9. The lowest BCUT2D eigenvalue weighted by Crippen LogP contribution is -2.23. The van der Waals surface area contributed by atoms with E-state index in [4.69, 9.17) is 0 Å². The smallest absolute Gasteiger partial charge is 0.0249 e. The molecule has 0 unspecified atom stereocenters. The van der Waals surface area contributed by atoms with Gasteiger partial charge in [0.15, 0.2) is 0 Å². The summed E-state index contributed by atoms with van der Waals surface area (Å²) in [6.45, 7) is 5.31. The van der Waals surface area contributed by atoms with E-state index in [9.17, 15) is 0 Å². The zero-order valence-corrected chi connectivity index (χ0v) is 12.0. The molecule has 17 heavy (non-hydrogen) atoms. The van der Waals surface area contributed by atoms with Crippen LogP contribution >= 0.6 is 15.9 Å².